The lowest BCUT2D eigenvalue weighted by atomic mass is 10.1. The van der Waals surface area contributed by atoms with Crippen molar-refractivity contribution in [3.63, 3.8) is 0 Å². The van der Waals surface area contributed by atoms with Crippen LogP contribution in [0.25, 0.3) is 0 Å². The van der Waals surface area contributed by atoms with Gasteiger partial charge in [0.15, 0.2) is 0 Å². The molecule has 0 heterocycles. The smallest absolute Gasteiger partial charge is 0.0761 e. The molecule has 1 aromatic carbocycles. The van der Waals surface area contributed by atoms with Gasteiger partial charge in [0.25, 0.3) is 0 Å². The van der Waals surface area contributed by atoms with Crippen LogP contribution in [0.2, 0.25) is 0 Å². The Balaban J connectivity index is 2.72. The van der Waals surface area contributed by atoms with Gasteiger partial charge in [-0.25, -0.2) is 0 Å². The first-order valence-electron chi connectivity index (χ1n) is 5.81. The van der Waals surface area contributed by atoms with E-state index in [1.807, 2.05) is 24.3 Å². The molecule has 1 rings (SSSR count). The number of benzene rings is 1. The van der Waals surface area contributed by atoms with Crippen molar-refractivity contribution in [2.75, 3.05) is 38.3 Å². The number of rotatable bonds is 7. The highest BCUT2D eigenvalue weighted by Crippen LogP contribution is 2.18. The predicted molar refractivity (Wildman–Crippen MR) is 68.3 cm³/mol. The lowest BCUT2D eigenvalue weighted by molar-refractivity contribution is 0.199. The van der Waals surface area contributed by atoms with Crippen LogP contribution in [0.3, 0.4) is 0 Å². The quantitative estimate of drug-likeness (QED) is 0.750. The van der Waals surface area contributed by atoms with Crippen molar-refractivity contribution in [3.05, 3.63) is 29.8 Å². The molecule has 0 radical (unpaired) electrons. The van der Waals surface area contributed by atoms with Gasteiger partial charge in [-0.1, -0.05) is 12.1 Å². The fraction of sp³-hybridized carbons (Fsp3) is 0.538. The van der Waals surface area contributed by atoms with Crippen LogP contribution in [0.1, 0.15) is 18.6 Å². The summed E-state index contributed by atoms with van der Waals surface area (Å²) >= 11 is 0. The first-order valence-corrected chi connectivity index (χ1v) is 5.81. The van der Waals surface area contributed by atoms with E-state index in [2.05, 4.69) is 4.90 Å². The Labute approximate surface area is 102 Å². The number of aliphatic hydroxyl groups excluding tert-OH is 2. The van der Waals surface area contributed by atoms with E-state index in [4.69, 9.17) is 9.84 Å². The Bertz CT molecular complexity index is 311. The number of hydrogen-bond donors (Lipinski definition) is 2. The number of hydrogen-bond acceptors (Lipinski definition) is 4. The van der Waals surface area contributed by atoms with Gasteiger partial charge in [-0.3, -0.25) is 0 Å². The molecular weight excluding hydrogens is 218 g/mol. The van der Waals surface area contributed by atoms with Crippen LogP contribution in [0, 0.1) is 0 Å². The van der Waals surface area contributed by atoms with Crippen molar-refractivity contribution in [1.82, 2.24) is 0 Å². The predicted octanol–water partition coefficient (Wildman–Crippen LogP) is 1.19. The Morgan fingerprint density at radius 2 is 1.88 bits per heavy atom. The molecule has 0 fully saturated rings. The summed E-state index contributed by atoms with van der Waals surface area (Å²) in [6.45, 7) is 3.80. The molecule has 1 aromatic rings. The number of ether oxygens (including phenoxy) is 1. The lowest BCUT2D eigenvalue weighted by Crippen LogP contribution is -2.30. The summed E-state index contributed by atoms with van der Waals surface area (Å²) in [5.74, 6) is 0. The van der Waals surface area contributed by atoms with Crippen LogP contribution in [-0.2, 0) is 4.74 Å². The van der Waals surface area contributed by atoms with Crippen molar-refractivity contribution in [2.45, 2.75) is 13.0 Å². The minimum atomic E-state index is -0.450. The second-order valence-electron chi connectivity index (χ2n) is 3.97. The minimum absolute atomic E-state index is 0.113. The molecule has 1 atom stereocenters. The molecule has 0 amide bonds. The normalized spacial score (nSPS) is 12.5. The Hall–Kier alpha value is -1.10. The number of anilines is 1. The van der Waals surface area contributed by atoms with E-state index >= 15 is 0 Å². The minimum Gasteiger partial charge on any atom is -0.395 e. The highest BCUT2D eigenvalue weighted by atomic mass is 16.5. The van der Waals surface area contributed by atoms with Crippen LogP contribution >= 0.6 is 0 Å². The van der Waals surface area contributed by atoms with Crippen LogP contribution in [0.15, 0.2) is 24.3 Å². The van der Waals surface area contributed by atoms with Gasteiger partial charge in [0, 0.05) is 25.9 Å². The summed E-state index contributed by atoms with van der Waals surface area (Å²) < 4.78 is 5.04. The maximum atomic E-state index is 9.42. The average molecular weight is 239 g/mol. The molecule has 0 aliphatic rings. The molecule has 4 nitrogen and oxygen atoms in total. The third-order valence-corrected chi connectivity index (χ3v) is 2.68. The zero-order valence-corrected chi connectivity index (χ0v) is 10.5. The number of aliphatic hydroxyl groups is 2. The summed E-state index contributed by atoms with van der Waals surface area (Å²) in [5, 5.41) is 18.4. The van der Waals surface area contributed by atoms with Crippen molar-refractivity contribution in [1.29, 1.82) is 0 Å². The first-order chi connectivity index (χ1) is 8.19. The largest absolute Gasteiger partial charge is 0.395 e. The Morgan fingerprint density at radius 3 is 2.35 bits per heavy atom. The van der Waals surface area contributed by atoms with Crippen LogP contribution in [0.4, 0.5) is 5.69 Å². The number of methoxy groups -OCH3 is 1. The highest BCUT2D eigenvalue weighted by molar-refractivity contribution is 5.47. The van der Waals surface area contributed by atoms with Gasteiger partial charge in [-0.15, -0.1) is 0 Å². The van der Waals surface area contributed by atoms with Gasteiger partial charge in [0.1, 0.15) is 0 Å². The summed E-state index contributed by atoms with van der Waals surface area (Å²) in [7, 11) is 1.66. The van der Waals surface area contributed by atoms with Gasteiger partial charge in [-0.2, -0.15) is 0 Å². The van der Waals surface area contributed by atoms with Crippen LogP contribution < -0.4 is 4.90 Å². The fourth-order valence-electron chi connectivity index (χ4n) is 1.66. The van der Waals surface area contributed by atoms with E-state index in [-0.39, 0.29) is 6.61 Å². The van der Waals surface area contributed by atoms with Crippen molar-refractivity contribution >= 4 is 5.69 Å². The molecular formula is C13H21NO3. The lowest BCUT2D eigenvalue weighted by Gasteiger charge is -2.24. The molecule has 0 aliphatic carbocycles. The van der Waals surface area contributed by atoms with Gasteiger partial charge in [0.2, 0.25) is 0 Å². The van der Waals surface area contributed by atoms with Crippen molar-refractivity contribution < 1.29 is 14.9 Å². The van der Waals surface area contributed by atoms with Gasteiger partial charge < -0.3 is 19.8 Å². The second-order valence-corrected chi connectivity index (χ2v) is 3.97. The van der Waals surface area contributed by atoms with E-state index in [1.165, 1.54) is 0 Å². The molecule has 0 aromatic heterocycles. The van der Waals surface area contributed by atoms with E-state index < -0.39 is 6.10 Å². The van der Waals surface area contributed by atoms with Gasteiger partial charge in [0.05, 0.1) is 19.3 Å². The topological polar surface area (TPSA) is 52.9 Å². The molecule has 0 aliphatic heterocycles. The summed E-state index contributed by atoms with van der Waals surface area (Å²) in [5.41, 5.74) is 1.92. The van der Waals surface area contributed by atoms with Crippen LogP contribution in [-0.4, -0.2) is 43.6 Å². The zero-order valence-electron chi connectivity index (χ0n) is 10.5. The maximum Gasteiger partial charge on any atom is 0.0761 e. The standard InChI is InChI=1S/C13H21NO3/c1-11(16)12-3-5-13(6-4-12)14(7-9-15)8-10-17-2/h3-6,11,15-16H,7-10H2,1-2H3. The zero-order chi connectivity index (χ0) is 12.7. The Morgan fingerprint density at radius 1 is 1.24 bits per heavy atom. The van der Waals surface area contributed by atoms with E-state index in [0.29, 0.717) is 13.2 Å². The molecule has 0 saturated heterocycles. The maximum absolute atomic E-state index is 9.42. The fourth-order valence-corrected chi connectivity index (χ4v) is 1.66. The van der Waals surface area contributed by atoms with Crippen LogP contribution in [0.5, 0.6) is 0 Å². The monoisotopic (exact) mass is 239 g/mol. The third kappa shape index (κ3) is 4.34. The number of nitrogens with zero attached hydrogens (tertiary/aromatic N) is 1. The van der Waals surface area contributed by atoms with Crippen molar-refractivity contribution in [2.24, 2.45) is 0 Å². The second kappa shape index (κ2) is 7.27. The third-order valence-electron chi connectivity index (χ3n) is 2.68. The van der Waals surface area contributed by atoms with E-state index in [0.717, 1.165) is 17.8 Å². The Kier molecular flexibility index (Phi) is 5.97. The molecule has 0 saturated carbocycles. The van der Waals surface area contributed by atoms with Crippen molar-refractivity contribution in [3.8, 4) is 0 Å². The van der Waals surface area contributed by atoms with Gasteiger partial charge in [-0.05, 0) is 24.6 Å². The van der Waals surface area contributed by atoms with E-state index in [9.17, 15) is 5.11 Å². The molecule has 4 heteroatoms. The first kappa shape index (κ1) is 14.0. The summed E-state index contributed by atoms with van der Waals surface area (Å²) in [6.07, 6.45) is -0.450. The summed E-state index contributed by atoms with van der Waals surface area (Å²) in [6, 6.07) is 7.70. The SMILES string of the molecule is COCCN(CCO)c1ccc(C(C)O)cc1. The molecule has 17 heavy (non-hydrogen) atoms. The van der Waals surface area contributed by atoms with Gasteiger partial charge >= 0.3 is 0 Å². The molecule has 0 bridgehead atoms. The molecule has 0 spiro atoms. The van der Waals surface area contributed by atoms with E-state index in [1.54, 1.807) is 14.0 Å². The molecule has 1 unspecified atom stereocenters. The summed E-state index contributed by atoms with van der Waals surface area (Å²) in [4.78, 5) is 2.05. The molecule has 96 valence electrons. The molecule has 2 N–H and O–H groups in total. The average Bonchev–Trinajstić information content (AvgIpc) is 2.34. The highest BCUT2D eigenvalue weighted by Gasteiger charge is 2.06.